The van der Waals surface area contributed by atoms with Crippen LogP contribution in [0.1, 0.15) is 17.3 Å². The van der Waals surface area contributed by atoms with E-state index in [1.165, 1.54) is 6.92 Å². The highest BCUT2D eigenvalue weighted by molar-refractivity contribution is 6.04. The van der Waals surface area contributed by atoms with Crippen LogP contribution in [0, 0.1) is 0 Å². The average molecular weight is 378 g/mol. The number of fused-ring (bicyclic) bond motifs is 2. The minimum Gasteiger partial charge on any atom is -0.486 e. The van der Waals surface area contributed by atoms with E-state index in [-0.39, 0.29) is 0 Å². The third kappa shape index (κ3) is 3.59. The van der Waals surface area contributed by atoms with E-state index in [1.54, 1.807) is 48.7 Å². The highest BCUT2D eigenvalue weighted by Gasteiger charge is 2.21. The molecular formula is C21H18N2O5. The van der Waals surface area contributed by atoms with Crippen molar-refractivity contribution in [3.05, 3.63) is 60.3 Å². The Kier molecular flexibility index (Phi) is 4.80. The van der Waals surface area contributed by atoms with E-state index in [1.807, 2.05) is 6.07 Å². The lowest BCUT2D eigenvalue weighted by atomic mass is 10.1. The molecule has 0 aliphatic carbocycles. The van der Waals surface area contributed by atoms with E-state index in [0.29, 0.717) is 46.9 Å². The van der Waals surface area contributed by atoms with Crippen LogP contribution >= 0.6 is 0 Å². The number of anilines is 1. The van der Waals surface area contributed by atoms with Gasteiger partial charge in [0.1, 0.15) is 13.2 Å². The van der Waals surface area contributed by atoms with Crippen LogP contribution in [0.25, 0.3) is 10.9 Å². The first-order chi connectivity index (χ1) is 13.6. The summed E-state index contributed by atoms with van der Waals surface area (Å²) in [4.78, 5) is 29.2. The van der Waals surface area contributed by atoms with Crippen LogP contribution in [0.3, 0.4) is 0 Å². The monoisotopic (exact) mass is 378 g/mol. The number of hydrogen-bond donors (Lipinski definition) is 1. The smallest absolute Gasteiger partial charge is 0.339 e. The van der Waals surface area contributed by atoms with Gasteiger partial charge in [0.2, 0.25) is 0 Å². The molecule has 0 fully saturated rings. The maximum Gasteiger partial charge on any atom is 0.339 e. The number of carbonyl (C=O) groups excluding carboxylic acids is 2. The highest BCUT2D eigenvalue weighted by Crippen LogP contribution is 2.32. The molecule has 2 aromatic carbocycles. The van der Waals surface area contributed by atoms with Crippen LogP contribution < -0.4 is 14.8 Å². The molecule has 28 heavy (non-hydrogen) atoms. The van der Waals surface area contributed by atoms with Gasteiger partial charge in [0.25, 0.3) is 5.91 Å². The summed E-state index contributed by atoms with van der Waals surface area (Å²) < 4.78 is 16.3. The van der Waals surface area contributed by atoms with Crippen LogP contribution in [0.15, 0.2) is 54.7 Å². The Labute approximate surface area is 161 Å². The van der Waals surface area contributed by atoms with Crippen molar-refractivity contribution in [2.45, 2.75) is 13.0 Å². The number of nitrogens with one attached hydrogen (secondary N) is 1. The van der Waals surface area contributed by atoms with E-state index in [9.17, 15) is 9.59 Å². The van der Waals surface area contributed by atoms with Crippen molar-refractivity contribution in [3.8, 4) is 11.5 Å². The number of nitrogens with zero attached hydrogens (tertiary/aromatic N) is 1. The molecule has 0 bridgehead atoms. The Morgan fingerprint density at radius 3 is 2.75 bits per heavy atom. The molecule has 0 saturated heterocycles. The zero-order valence-corrected chi connectivity index (χ0v) is 15.2. The summed E-state index contributed by atoms with van der Waals surface area (Å²) in [6, 6.07) is 13.8. The molecule has 1 atom stereocenters. The standard InChI is InChI=1S/C21H18N2O5/c1-13(20(24)23-14-7-8-18-19(12-14)27-11-10-26-18)28-21(25)16-4-2-6-17-15(16)5-3-9-22-17/h2-9,12-13H,10-11H2,1H3,(H,23,24). The fraction of sp³-hybridized carbons (Fsp3) is 0.190. The summed E-state index contributed by atoms with van der Waals surface area (Å²) >= 11 is 0. The van der Waals surface area contributed by atoms with Crippen molar-refractivity contribution in [2.24, 2.45) is 0 Å². The third-order valence-electron chi connectivity index (χ3n) is 4.33. The van der Waals surface area contributed by atoms with Gasteiger partial charge in [0.15, 0.2) is 17.6 Å². The van der Waals surface area contributed by atoms with Crippen LogP contribution in [-0.2, 0) is 9.53 Å². The van der Waals surface area contributed by atoms with Crippen molar-refractivity contribution < 1.29 is 23.8 Å². The fourth-order valence-electron chi connectivity index (χ4n) is 2.92. The van der Waals surface area contributed by atoms with E-state index < -0.39 is 18.0 Å². The van der Waals surface area contributed by atoms with Crippen molar-refractivity contribution in [1.82, 2.24) is 4.98 Å². The van der Waals surface area contributed by atoms with Gasteiger partial charge in [-0.15, -0.1) is 0 Å². The van der Waals surface area contributed by atoms with Crippen molar-refractivity contribution >= 4 is 28.5 Å². The van der Waals surface area contributed by atoms with E-state index >= 15 is 0 Å². The molecule has 0 radical (unpaired) electrons. The Balaban J connectivity index is 1.45. The Morgan fingerprint density at radius 2 is 1.89 bits per heavy atom. The first-order valence-corrected chi connectivity index (χ1v) is 8.87. The molecule has 2 heterocycles. The normalized spacial score (nSPS) is 13.6. The largest absolute Gasteiger partial charge is 0.486 e. The van der Waals surface area contributed by atoms with Gasteiger partial charge < -0.3 is 19.5 Å². The lowest BCUT2D eigenvalue weighted by Crippen LogP contribution is -2.30. The molecule has 1 aliphatic heterocycles. The number of ether oxygens (including phenoxy) is 3. The molecule has 7 heteroatoms. The van der Waals surface area contributed by atoms with Gasteiger partial charge in [-0.1, -0.05) is 12.1 Å². The lowest BCUT2D eigenvalue weighted by molar-refractivity contribution is -0.123. The van der Waals surface area contributed by atoms with Gasteiger partial charge in [0.05, 0.1) is 11.1 Å². The molecule has 1 unspecified atom stereocenters. The lowest BCUT2D eigenvalue weighted by Gasteiger charge is -2.19. The van der Waals surface area contributed by atoms with Crippen LogP contribution in [0.4, 0.5) is 5.69 Å². The number of esters is 1. The van der Waals surface area contributed by atoms with Crippen molar-refractivity contribution in [3.63, 3.8) is 0 Å². The van der Waals surface area contributed by atoms with Gasteiger partial charge in [-0.3, -0.25) is 9.78 Å². The topological polar surface area (TPSA) is 86.8 Å². The van der Waals surface area contributed by atoms with Crippen molar-refractivity contribution in [2.75, 3.05) is 18.5 Å². The van der Waals surface area contributed by atoms with Gasteiger partial charge in [-0.25, -0.2) is 4.79 Å². The summed E-state index contributed by atoms with van der Waals surface area (Å²) in [5.41, 5.74) is 1.58. The molecule has 1 N–H and O–H groups in total. The number of rotatable bonds is 4. The van der Waals surface area contributed by atoms with E-state index in [2.05, 4.69) is 10.3 Å². The quantitative estimate of drug-likeness (QED) is 0.702. The Hall–Kier alpha value is -3.61. The number of benzene rings is 2. The molecule has 4 rings (SSSR count). The fourth-order valence-corrected chi connectivity index (χ4v) is 2.92. The second kappa shape index (κ2) is 7.56. The minimum absolute atomic E-state index is 0.365. The van der Waals surface area contributed by atoms with Gasteiger partial charge in [-0.2, -0.15) is 0 Å². The first kappa shape index (κ1) is 17.8. The Morgan fingerprint density at radius 1 is 1.07 bits per heavy atom. The summed E-state index contributed by atoms with van der Waals surface area (Å²) in [5, 5.41) is 3.40. The summed E-state index contributed by atoms with van der Waals surface area (Å²) in [6.07, 6.45) is 0.675. The zero-order valence-electron chi connectivity index (χ0n) is 15.2. The van der Waals surface area contributed by atoms with E-state index in [0.717, 1.165) is 0 Å². The van der Waals surface area contributed by atoms with Crippen LogP contribution in [-0.4, -0.2) is 36.2 Å². The zero-order chi connectivity index (χ0) is 19.5. The summed E-state index contributed by atoms with van der Waals surface area (Å²) in [6.45, 7) is 2.47. The van der Waals surface area contributed by atoms with Crippen molar-refractivity contribution in [1.29, 1.82) is 0 Å². The maximum atomic E-state index is 12.6. The number of pyridine rings is 1. The molecule has 1 aromatic heterocycles. The first-order valence-electron chi connectivity index (χ1n) is 8.87. The molecule has 3 aromatic rings. The number of aromatic nitrogens is 1. The SMILES string of the molecule is CC(OC(=O)c1cccc2ncccc12)C(=O)Nc1ccc2c(c1)OCCO2. The second-order valence-corrected chi connectivity index (χ2v) is 6.27. The molecule has 0 saturated carbocycles. The third-order valence-corrected chi connectivity index (χ3v) is 4.33. The highest BCUT2D eigenvalue weighted by atomic mass is 16.6. The van der Waals surface area contributed by atoms with Gasteiger partial charge in [-0.05, 0) is 37.3 Å². The molecule has 7 nitrogen and oxygen atoms in total. The summed E-state index contributed by atoms with van der Waals surface area (Å²) in [5.74, 6) is 0.178. The minimum atomic E-state index is -0.979. The number of amides is 1. The predicted octanol–water partition coefficient (Wildman–Crippen LogP) is 3.19. The molecule has 142 valence electrons. The maximum absolute atomic E-state index is 12.6. The Bertz CT molecular complexity index is 1040. The number of carbonyl (C=O) groups is 2. The number of hydrogen-bond acceptors (Lipinski definition) is 6. The van der Waals surface area contributed by atoms with E-state index in [4.69, 9.17) is 14.2 Å². The molecule has 1 amide bonds. The molecule has 1 aliphatic rings. The molecular weight excluding hydrogens is 360 g/mol. The predicted molar refractivity (Wildman–Crippen MR) is 103 cm³/mol. The second-order valence-electron chi connectivity index (χ2n) is 6.27. The average Bonchev–Trinajstić information content (AvgIpc) is 2.73. The van der Waals surface area contributed by atoms with Gasteiger partial charge >= 0.3 is 5.97 Å². The molecule has 0 spiro atoms. The summed E-state index contributed by atoms with van der Waals surface area (Å²) in [7, 11) is 0. The van der Waals surface area contributed by atoms with Crippen LogP contribution in [0.5, 0.6) is 11.5 Å². The van der Waals surface area contributed by atoms with Gasteiger partial charge in [0, 0.05) is 23.3 Å². The van der Waals surface area contributed by atoms with Crippen LogP contribution in [0.2, 0.25) is 0 Å².